The van der Waals surface area contributed by atoms with E-state index in [1.807, 2.05) is 55.5 Å². The van der Waals surface area contributed by atoms with Crippen LogP contribution in [0, 0.1) is 0 Å². The van der Waals surface area contributed by atoms with Gasteiger partial charge in [0.1, 0.15) is 0 Å². The van der Waals surface area contributed by atoms with Gasteiger partial charge in [-0.15, -0.1) is 0 Å². The van der Waals surface area contributed by atoms with Crippen LogP contribution in [0.1, 0.15) is 24.4 Å². The summed E-state index contributed by atoms with van der Waals surface area (Å²) in [5.74, 6) is 0.0392. The minimum Gasteiger partial charge on any atom is -0.459 e. The summed E-state index contributed by atoms with van der Waals surface area (Å²) in [6, 6.07) is 19.1. The number of hydrogen-bond donors (Lipinski definition) is 0. The molecule has 0 fully saturated rings. The highest BCUT2D eigenvalue weighted by molar-refractivity contribution is 6.10. The lowest BCUT2D eigenvalue weighted by Gasteiger charge is -2.40. The van der Waals surface area contributed by atoms with Gasteiger partial charge in [0, 0.05) is 13.5 Å². The quantitative estimate of drug-likeness (QED) is 0.683. The average Bonchev–Trinajstić information content (AvgIpc) is 3.21. The molecular weight excluding hydrogens is 340 g/mol. The summed E-state index contributed by atoms with van der Waals surface area (Å²) in [7, 11) is 0. The minimum atomic E-state index is -0.207. The first-order chi connectivity index (χ1) is 13.1. The van der Waals surface area contributed by atoms with Gasteiger partial charge < -0.3 is 14.2 Å². The Morgan fingerprint density at radius 2 is 1.74 bits per heavy atom. The van der Waals surface area contributed by atoms with E-state index in [9.17, 15) is 9.59 Å². The third-order valence-electron chi connectivity index (χ3n) is 4.84. The number of rotatable bonds is 2. The standard InChI is InChI=1S/C22H20N2O3/c1-15-14-23(22(26)21-9-6-12-27-21)20-13-18(17-7-4-3-5-8-17)10-11-19(20)24(15)16(2)25/h3-13,15H,14H2,1-2H3/t15-/m0/s1. The monoisotopic (exact) mass is 360 g/mol. The van der Waals surface area contributed by atoms with Crippen molar-refractivity contribution in [1.29, 1.82) is 0 Å². The maximum Gasteiger partial charge on any atom is 0.294 e. The van der Waals surface area contributed by atoms with Crippen LogP contribution in [0.2, 0.25) is 0 Å². The third-order valence-corrected chi connectivity index (χ3v) is 4.84. The molecule has 27 heavy (non-hydrogen) atoms. The summed E-state index contributed by atoms with van der Waals surface area (Å²) in [4.78, 5) is 28.7. The minimum absolute atomic E-state index is 0.0405. The van der Waals surface area contributed by atoms with E-state index in [2.05, 4.69) is 0 Å². The highest BCUT2D eigenvalue weighted by Crippen LogP contribution is 2.39. The maximum absolute atomic E-state index is 13.0. The van der Waals surface area contributed by atoms with E-state index in [1.54, 1.807) is 28.9 Å². The lowest BCUT2D eigenvalue weighted by Crippen LogP contribution is -2.51. The second kappa shape index (κ2) is 6.76. The smallest absolute Gasteiger partial charge is 0.294 e. The van der Waals surface area contributed by atoms with Crippen molar-refractivity contribution in [1.82, 2.24) is 0 Å². The van der Waals surface area contributed by atoms with Gasteiger partial charge in [-0.2, -0.15) is 0 Å². The van der Waals surface area contributed by atoms with Crippen LogP contribution >= 0.6 is 0 Å². The van der Waals surface area contributed by atoms with Gasteiger partial charge in [0.2, 0.25) is 5.91 Å². The van der Waals surface area contributed by atoms with E-state index in [1.165, 1.54) is 6.26 Å². The van der Waals surface area contributed by atoms with Crippen molar-refractivity contribution >= 4 is 23.2 Å². The van der Waals surface area contributed by atoms with Gasteiger partial charge >= 0.3 is 0 Å². The van der Waals surface area contributed by atoms with Crippen LogP contribution in [0.5, 0.6) is 0 Å². The van der Waals surface area contributed by atoms with Crippen molar-refractivity contribution < 1.29 is 14.0 Å². The Morgan fingerprint density at radius 3 is 2.41 bits per heavy atom. The number of anilines is 2. The molecule has 136 valence electrons. The molecule has 0 aliphatic carbocycles. The molecule has 1 aliphatic rings. The van der Waals surface area contributed by atoms with Gasteiger partial charge in [-0.25, -0.2) is 0 Å². The highest BCUT2D eigenvalue weighted by atomic mass is 16.3. The lowest BCUT2D eigenvalue weighted by molar-refractivity contribution is -0.117. The molecule has 0 unspecified atom stereocenters. The van der Waals surface area contributed by atoms with E-state index in [4.69, 9.17) is 4.42 Å². The summed E-state index contributed by atoms with van der Waals surface area (Å²) in [5.41, 5.74) is 3.50. The first-order valence-corrected chi connectivity index (χ1v) is 8.91. The topological polar surface area (TPSA) is 53.8 Å². The second-order valence-corrected chi connectivity index (χ2v) is 6.70. The summed E-state index contributed by atoms with van der Waals surface area (Å²) < 4.78 is 5.32. The molecule has 0 bridgehead atoms. The number of carbonyl (C=O) groups is 2. The lowest BCUT2D eigenvalue weighted by atomic mass is 10.0. The number of hydrogen-bond acceptors (Lipinski definition) is 3. The molecule has 2 heterocycles. The average molecular weight is 360 g/mol. The van der Waals surface area contributed by atoms with Gasteiger partial charge in [-0.1, -0.05) is 36.4 Å². The second-order valence-electron chi connectivity index (χ2n) is 6.70. The zero-order chi connectivity index (χ0) is 19.0. The Labute approximate surface area is 157 Å². The predicted molar refractivity (Wildman–Crippen MR) is 105 cm³/mol. The van der Waals surface area contributed by atoms with Crippen molar-refractivity contribution in [2.45, 2.75) is 19.9 Å². The van der Waals surface area contributed by atoms with Gasteiger partial charge in [-0.05, 0) is 42.3 Å². The zero-order valence-corrected chi connectivity index (χ0v) is 15.3. The fraction of sp³-hybridized carbons (Fsp3) is 0.182. The molecule has 2 aromatic carbocycles. The van der Waals surface area contributed by atoms with Crippen molar-refractivity contribution in [3.63, 3.8) is 0 Å². The Kier molecular flexibility index (Phi) is 4.28. The largest absolute Gasteiger partial charge is 0.459 e. The molecule has 1 aromatic heterocycles. The van der Waals surface area contributed by atoms with Crippen LogP contribution in [-0.4, -0.2) is 24.4 Å². The molecule has 0 saturated carbocycles. The van der Waals surface area contributed by atoms with Crippen molar-refractivity contribution in [3.05, 3.63) is 72.7 Å². The molecule has 1 aliphatic heterocycles. The van der Waals surface area contributed by atoms with Crippen LogP contribution in [0.15, 0.2) is 71.3 Å². The molecule has 0 saturated heterocycles. The number of nitrogens with zero attached hydrogens (tertiary/aromatic N) is 2. The Morgan fingerprint density at radius 1 is 0.963 bits per heavy atom. The normalized spacial score (nSPS) is 16.1. The van der Waals surface area contributed by atoms with Crippen LogP contribution in [-0.2, 0) is 4.79 Å². The number of carbonyl (C=O) groups excluding carboxylic acids is 2. The molecule has 1 atom stereocenters. The fourth-order valence-electron chi connectivity index (χ4n) is 3.64. The van der Waals surface area contributed by atoms with Gasteiger partial charge in [0.15, 0.2) is 5.76 Å². The van der Waals surface area contributed by atoms with E-state index in [0.717, 1.165) is 16.8 Å². The van der Waals surface area contributed by atoms with Crippen LogP contribution in [0.25, 0.3) is 11.1 Å². The molecule has 0 radical (unpaired) electrons. The van der Waals surface area contributed by atoms with E-state index in [0.29, 0.717) is 12.2 Å². The molecule has 0 N–H and O–H groups in total. The number of fused-ring (bicyclic) bond motifs is 1. The summed E-state index contributed by atoms with van der Waals surface area (Å²) in [6.07, 6.45) is 1.49. The molecule has 4 rings (SSSR count). The molecule has 5 heteroatoms. The SMILES string of the molecule is CC(=O)N1c2ccc(-c3ccccc3)cc2N(C(=O)c2ccco2)C[C@@H]1C. The van der Waals surface area contributed by atoms with E-state index in [-0.39, 0.29) is 23.6 Å². The Balaban J connectivity index is 1.85. The highest BCUT2D eigenvalue weighted by Gasteiger charge is 2.34. The molecule has 2 amide bonds. The number of amides is 2. The third kappa shape index (κ3) is 3.01. The fourth-order valence-corrected chi connectivity index (χ4v) is 3.64. The van der Waals surface area contributed by atoms with Crippen LogP contribution in [0.3, 0.4) is 0 Å². The van der Waals surface area contributed by atoms with Gasteiger partial charge in [-0.3, -0.25) is 9.59 Å². The van der Waals surface area contributed by atoms with Gasteiger partial charge in [0.05, 0.1) is 23.7 Å². The summed E-state index contributed by atoms with van der Waals surface area (Å²) in [5, 5.41) is 0. The molecule has 0 spiro atoms. The van der Waals surface area contributed by atoms with E-state index < -0.39 is 0 Å². The first kappa shape index (κ1) is 17.1. The van der Waals surface area contributed by atoms with Gasteiger partial charge in [0.25, 0.3) is 5.91 Å². The number of furan rings is 1. The summed E-state index contributed by atoms with van der Waals surface area (Å²) in [6.45, 7) is 3.90. The number of benzene rings is 2. The van der Waals surface area contributed by atoms with Crippen LogP contribution in [0.4, 0.5) is 11.4 Å². The Bertz CT molecular complexity index is 980. The summed E-state index contributed by atoms with van der Waals surface area (Å²) >= 11 is 0. The van der Waals surface area contributed by atoms with E-state index >= 15 is 0 Å². The van der Waals surface area contributed by atoms with Crippen molar-refractivity contribution in [2.75, 3.05) is 16.3 Å². The zero-order valence-electron chi connectivity index (χ0n) is 15.3. The predicted octanol–water partition coefficient (Wildman–Crippen LogP) is 4.35. The first-order valence-electron chi connectivity index (χ1n) is 8.91. The maximum atomic E-state index is 13.0. The van der Waals surface area contributed by atoms with Crippen molar-refractivity contribution in [3.8, 4) is 11.1 Å². The van der Waals surface area contributed by atoms with Crippen LogP contribution < -0.4 is 9.80 Å². The molecule has 5 nitrogen and oxygen atoms in total. The molecular formula is C22H20N2O3. The molecule has 3 aromatic rings. The Hall–Kier alpha value is -3.34. The van der Waals surface area contributed by atoms with Crippen molar-refractivity contribution in [2.24, 2.45) is 0 Å².